The summed E-state index contributed by atoms with van der Waals surface area (Å²) in [5.74, 6) is -0.220. The van der Waals surface area contributed by atoms with Gasteiger partial charge in [-0.05, 0) is 30.5 Å². The maximum atomic E-state index is 12.2. The minimum Gasteiger partial charge on any atom is -0.406 e. The molecule has 2 atom stereocenters. The fourth-order valence-corrected chi connectivity index (χ4v) is 2.47. The van der Waals surface area contributed by atoms with Gasteiger partial charge in [-0.2, -0.15) is 0 Å². The largest absolute Gasteiger partial charge is 0.573 e. The zero-order valence-corrected chi connectivity index (χ0v) is 12.2. The molecule has 1 saturated carbocycles. The van der Waals surface area contributed by atoms with Gasteiger partial charge in [0, 0.05) is 19.1 Å². The van der Waals surface area contributed by atoms with Crippen LogP contribution in [-0.2, 0) is 16.0 Å². The van der Waals surface area contributed by atoms with Crippen molar-refractivity contribution in [1.82, 2.24) is 5.32 Å². The Morgan fingerprint density at radius 2 is 2.14 bits per heavy atom. The van der Waals surface area contributed by atoms with Crippen LogP contribution in [0.1, 0.15) is 18.4 Å². The first-order valence-corrected chi connectivity index (χ1v) is 7.00. The van der Waals surface area contributed by atoms with Gasteiger partial charge in [-0.1, -0.05) is 12.1 Å². The highest BCUT2D eigenvalue weighted by Gasteiger charge is 2.32. The Labute approximate surface area is 126 Å². The molecule has 1 aliphatic carbocycles. The van der Waals surface area contributed by atoms with Gasteiger partial charge in [-0.3, -0.25) is 4.79 Å². The van der Waals surface area contributed by atoms with Gasteiger partial charge in [-0.15, -0.1) is 13.2 Å². The highest BCUT2D eigenvalue weighted by molar-refractivity contribution is 5.79. The van der Waals surface area contributed by atoms with Crippen molar-refractivity contribution in [1.29, 1.82) is 0 Å². The Kier molecular flexibility index (Phi) is 5.28. The van der Waals surface area contributed by atoms with Crippen LogP contribution in [0.25, 0.3) is 0 Å². The van der Waals surface area contributed by atoms with E-state index in [4.69, 9.17) is 4.74 Å². The van der Waals surface area contributed by atoms with Crippen molar-refractivity contribution in [3.8, 4) is 5.75 Å². The summed E-state index contributed by atoms with van der Waals surface area (Å²) in [7, 11) is 1.61. The Hall–Kier alpha value is -1.76. The summed E-state index contributed by atoms with van der Waals surface area (Å²) >= 11 is 0. The first-order valence-electron chi connectivity index (χ1n) is 7.00. The minimum atomic E-state index is -4.74. The molecule has 7 heteroatoms. The lowest BCUT2D eigenvalue weighted by Crippen LogP contribution is -2.48. The lowest BCUT2D eigenvalue weighted by atomic mass is 9.80. The normalized spacial score (nSPS) is 21.1. The van der Waals surface area contributed by atoms with Crippen molar-refractivity contribution >= 4 is 5.91 Å². The van der Waals surface area contributed by atoms with Crippen LogP contribution >= 0.6 is 0 Å². The van der Waals surface area contributed by atoms with E-state index in [-0.39, 0.29) is 24.1 Å². The van der Waals surface area contributed by atoms with Crippen LogP contribution in [0.4, 0.5) is 13.2 Å². The molecule has 22 heavy (non-hydrogen) atoms. The van der Waals surface area contributed by atoms with Crippen LogP contribution in [-0.4, -0.2) is 32.0 Å². The van der Waals surface area contributed by atoms with Crippen molar-refractivity contribution < 1.29 is 27.4 Å². The molecule has 1 amide bonds. The summed E-state index contributed by atoms with van der Waals surface area (Å²) in [5.41, 5.74) is 0.474. The molecule has 4 nitrogen and oxygen atoms in total. The Bertz CT molecular complexity index is 519. The minimum absolute atomic E-state index is 0.0191. The maximum absolute atomic E-state index is 12.2. The summed E-state index contributed by atoms with van der Waals surface area (Å²) < 4.78 is 45.4. The molecule has 0 radical (unpaired) electrons. The van der Waals surface area contributed by atoms with E-state index in [0.29, 0.717) is 18.1 Å². The molecule has 2 rings (SSSR count). The third kappa shape index (κ3) is 4.91. The van der Waals surface area contributed by atoms with E-state index < -0.39 is 6.36 Å². The quantitative estimate of drug-likeness (QED) is 0.877. The van der Waals surface area contributed by atoms with Crippen LogP contribution in [0.2, 0.25) is 0 Å². The van der Waals surface area contributed by atoms with E-state index >= 15 is 0 Å². The van der Waals surface area contributed by atoms with Crippen LogP contribution in [0.3, 0.4) is 0 Å². The Morgan fingerprint density at radius 1 is 1.36 bits per heavy atom. The first kappa shape index (κ1) is 16.6. The zero-order chi connectivity index (χ0) is 16.2. The third-order valence-electron chi connectivity index (χ3n) is 3.64. The Balaban J connectivity index is 1.87. The van der Waals surface area contributed by atoms with Gasteiger partial charge in [0.05, 0.1) is 13.0 Å². The predicted octanol–water partition coefficient (Wildman–Crippen LogP) is 2.67. The van der Waals surface area contributed by atoms with Crippen molar-refractivity contribution in [2.45, 2.75) is 31.7 Å². The van der Waals surface area contributed by atoms with E-state index in [9.17, 15) is 18.0 Å². The molecule has 0 bridgehead atoms. The van der Waals surface area contributed by atoms with Gasteiger partial charge in [0.25, 0.3) is 0 Å². The molecule has 0 saturated heterocycles. The average Bonchev–Trinajstić information content (AvgIpc) is 2.39. The molecule has 1 N–H and O–H groups in total. The summed E-state index contributed by atoms with van der Waals surface area (Å²) in [4.78, 5) is 11.9. The number of carbonyl (C=O) groups is 1. The molecule has 122 valence electrons. The number of methoxy groups -OCH3 is 1. The number of benzene rings is 1. The number of amides is 1. The number of alkyl halides is 3. The lowest BCUT2D eigenvalue weighted by Gasteiger charge is -2.36. The first-order chi connectivity index (χ1) is 10.4. The van der Waals surface area contributed by atoms with E-state index in [1.807, 2.05) is 0 Å². The molecule has 1 aliphatic rings. The van der Waals surface area contributed by atoms with Gasteiger partial charge in [-0.25, -0.2) is 0 Å². The van der Waals surface area contributed by atoms with Gasteiger partial charge < -0.3 is 14.8 Å². The lowest BCUT2D eigenvalue weighted by molar-refractivity contribution is -0.274. The molecule has 0 spiro atoms. The number of halogens is 3. The molecule has 0 heterocycles. The van der Waals surface area contributed by atoms with Crippen LogP contribution < -0.4 is 10.1 Å². The standard InChI is InChI=1S/C15H18F3NO3/c1-21-9-11-5-6-13(11)19-14(20)8-10-3-2-4-12(7-10)22-15(16,17)18/h2-4,7,11,13H,5-6,8-9H2,1H3,(H,19,20)/t11-,13-/m1/s1. The van der Waals surface area contributed by atoms with E-state index in [1.54, 1.807) is 13.2 Å². The van der Waals surface area contributed by atoms with Gasteiger partial charge >= 0.3 is 6.36 Å². The summed E-state index contributed by atoms with van der Waals surface area (Å²) in [6, 6.07) is 5.54. The Morgan fingerprint density at radius 3 is 2.73 bits per heavy atom. The fraction of sp³-hybridized carbons (Fsp3) is 0.533. The van der Waals surface area contributed by atoms with E-state index in [0.717, 1.165) is 12.8 Å². The topological polar surface area (TPSA) is 47.6 Å². The van der Waals surface area contributed by atoms with Crippen molar-refractivity contribution in [3.63, 3.8) is 0 Å². The second-order valence-corrected chi connectivity index (χ2v) is 5.34. The third-order valence-corrected chi connectivity index (χ3v) is 3.64. The number of nitrogens with one attached hydrogen (secondary N) is 1. The average molecular weight is 317 g/mol. The molecular formula is C15H18F3NO3. The zero-order valence-electron chi connectivity index (χ0n) is 12.2. The highest BCUT2D eigenvalue weighted by atomic mass is 19.4. The molecule has 0 unspecified atom stereocenters. The summed E-state index contributed by atoms with van der Waals surface area (Å²) in [5, 5.41) is 2.89. The van der Waals surface area contributed by atoms with Crippen LogP contribution in [0.5, 0.6) is 5.75 Å². The number of ether oxygens (including phenoxy) is 2. The molecule has 0 aliphatic heterocycles. The fourth-order valence-electron chi connectivity index (χ4n) is 2.47. The molecule has 1 aromatic carbocycles. The van der Waals surface area contributed by atoms with Crippen molar-refractivity contribution in [2.24, 2.45) is 5.92 Å². The summed E-state index contributed by atoms with van der Waals surface area (Å²) in [6.45, 7) is 0.597. The van der Waals surface area contributed by atoms with Gasteiger partial charge in [0.15, 0.2) is 0 Å². The second-order valence-electron chi connectivity index (χ2n) is 5.34. The molecule has 1 aromatic rings. The van der Waals surface area contributed by atoms with E-state index in [1.165, 1.54) is 18.2 Å². The van der Waals surface area contributed by atoms with Gasteiger partial charge in [0.1, 0.15) is 5.75 Å². The molecule has 1 fully saturated rings. The molecular weight excluding hydrogens is 299 g/mol. The van der Waals surface area contributed by atoms with E-state index in [2.05, 4.69) is 10.1 Å². The smallest absolute Gasteiger partial charge is 0.406 e. The number of carbonyl (C=O) groups excluding carboxylic acids is 1. The van der Waals surface area contributed by atoms with Gasteiger partial charge in [0.2, 0.25) is 5.91 Å². The maximum Gasteiger partial charge on any atom is 0.573 e. The highest BCUT2D eigenvalue weighted by Crippen LogP contribution is 2.28. The second kappa shape index (κ2) is 7.00. The number of hydrogen-bond donors (Lipinski definition) is 1. The SMILES string of the molecule is COC[C@H]1CC[C@H]1NC(=O)Cc1cccc(OC(F)(F)F)c1. The van der Waals surface area contributed by atoms with Crippen molar-refractivity contribution in [2.75, 3.05) is 13.7 Å². The number of rotatable bonds is 6. The monoisotopic (exact) mass is 317 g/mol. The van der Waals surface area contributed by atoms with Crippen LogP contribution in [0.15, 0.2) is 24.3 Å². The predicted molar refractivity (Wildman–Crippen MR) is 73.4 cm³/mol. The van der Waals surface area contributed by atoms with Crippen molar-refractivity contribution in [3.05, 3.63) is 29.8 Å². The molecule has 0 aromatic heterocycles. The number of hydrogen-bond acceptors (Lipinski definition) is 3. The summed E-state index contributed by atoms with van der Waals surface area (Å²) in [6.07, 6.45) is -2.81. The van der Waals surface area contributed by atoms with Crippen LogP contribution in [0, 0.1) is 5.92 Å².